The molecule has 1 aliphatic heterocycles. The maximum atomic E-state index is 11.2. The normalized spacial score (nSPS) is 24.4. The minimum absolute atomic E-state index is 0.0486. The van der Waals surface area contributed by atoms with Crippen molar-refractivity contribution in [2.75, 3.05) is 12.1 Å². The molecule has 1 fully saturated rings. The molecule has 0 radical (unpaired) electrons. The Kier molecular flexibility index (Phi) is 3.38. The Morgan fingerprint density at radius 1 is 1.30 bits per heavy atom. The molecule has 108 valence electrons. The van der Waals surface area contributed by atoms with Crippen molar-refractivity contribution in [1.29, 1.82) is 0 Å². The lowest BCUT2D eigenvalue weighted by molar-refractivity contribution is -0.384. The van der Waals surface area contributed by atoms with Gasteiger partial charge < -0.3 is 14.8 Å². The smallest absolute Gasteiger partial charge is 0.296 e. The number of fused-ring (bicyclic) bond motifs is 1. The van der Waals surface area contributed by atoms with Gasteiger partial charge in [-0.3, -0.25) is 10.1 Å². The van der Waals surface area contributed by atoms with E-state index in [2.05, 4.69) is 12.2 Å². The van der Waals surface area contributed by atoms with Gasteiger partial charge in [0.1, 0.15) is 5.69 Å². The van der Waals surface area contributed by atoms with E-state index in [0.717, 1.165) is 19.3 Å². The highest BCUT2D eigenvalue weighted by Gasteiger charge is 2.26. The van der Waals surface area contributed by atoms with Gasteiger partial charge in [-0.25, -0.2) is 0 Å². The van der Waals surface area contributed by atoms with Crippen LogP contribution in [0, 0.1) is 16.0 Å². The first-order valence-electron chi connectivity index (χ1n) is 6.98. The molecule has 20 heavy (non-hydrogen) atoms. The van der Waals surface area contributed by atoms with Gasteiger partial charge in [0.2, 0.25) is 6.79 Å². The molecular weight excluding hydrogens is 260 g/mol. The van der Waals surface area contributed by atoms with Crippen LogP contribution in [0.15, 0.2) is 12.1 Å². The summed E-state index contributed by atoms with van der Waals surface area (Å²) >= 11 is 0. The predicted molar refractivity (Wildman–Crippen MR) is 74.3 cm³/mol. The van der Waals surface area contributed by atoms with Crippen LogP contribution in [0.5, 0.6) is 11.5 Å². The van der Waals surface area contributed by atoms with E-state index in [9.17, 15) is 10.1 Å². The second-order valence-corrected chi connectivity index (χ2v) is 5.59. The third-order valence-corrected chi connectivity index (χ3v) is 3.98. The van der Waals surface area contributed by atoms with E-state index in [1.54, 1.807) is 6.07 Å². The summed E-state index contributed by atoms with van der Waals surface area (Å²) in [5, 5.41) is 14.5. The van der Waals surface area contributed by atoms with Gasteiger partial charge in [-0.2, -0.15) is 0 Å². The fourth-order valence-corrected chi connectivity index (χ4v) is 2.98. The van der Waals surface area contributed by atoms with Crippen LogP contribution in [0.3, 0.4) is 0 Å². The number of nitro benzene ring substituents is 1. The fourth-order valence-electron chi connectivity index (χ4n) is 2.98. The van der Waals surface area contributed by atoms with Crippen LogP contribution < -0.4 is 14.8 Å². The Bertz CT molecular complexity index is 532. The molecule has 0 spiro atoms. The van der Waals surface area contributed by atoms with Crippen molar-refractivity contribution >= 4 is 11.4 Å². The monoisotopic (exact) mass is 278 g/mol. The number of nitrogens with zero attached hydrogens (tertiary/aromatic N) is 1. The van der Waals surface area contributed by atoms with Gasteiger partial charge in [-0.05, 0) is 18.8 Å². The molecule has 2 unspecified atom stereocenters. The van der Waals surface area contributed by atoms with Crippen LogP contribution in [0.25, 0.3) is 0 Å². The van der Waals surface area contributed by atoms with Gasteiger partial charge in [0.15, 0.2) is 11.5 Å². The Balaban J connectivity index is 1.86. The molecule has 1 N–H and O–H groups in total. The first kappa shape index (κ1) is 13.0. The molecule has 6 nitrogen and oxygen atoms in total. The second kappa shape index (κ2) is 5.19. The Labute approximate surface area is 117 Å². The lowest BCUT2D eigenvalue weighted by Gasteiger charge is -2.28. The molecule has 1 aromatic carbocycles. The first-order chi connectivity index (χ1) is 9.63. The van der Waals surface area contributed by atoms with E-state index in [0.29, 0.717) is 23.1 Å². The van der Waals surface area contributed by atoms with Gasteiger partial charge in [0, 0.05) is 12.1 Å². The molecule has 2 aliphatic rings. The van der Waals surface area contributed by atoms with Crippen molar-refractivity contribution in [3.8, 4) is 11.5 Å². The molecule has 6 heteroatoms. The van der Waals surface area contributed by atoms with E-state index < -0.39 is 0 Å². The number of benzene rings is 1. The maximum Gasteiger partial charge on any atom is 0.296 e. The lowest BCUT2D eigenvalue weighted by atomic mass is 9.87. The molecule has 1 aromatic rings. The highest BCUT2D eigenvalue weighted by molar-refractivity contribution is 5.69. The number of hydrogen-bond donors (Lipinski definition) is 1. The molecule has 1 saturated carbocycles. The summed E-state index contributed by atoms with van der Waals surface area (Å²) in [5.41, 5.74) is 0.575. The number of rotatable bonds is 3. The molecule has 0 bridgehead atoms. The van der Waals surface area contributed by atoms with E-state index in [4.69, 9.17) is 9.47 Å². The van der Waals surface area contributed by atoms with E-state index in [1.165, 1.54) is 12.5 Å². The number of ether oxygens (including phenoxy) is 2. The van der Waals surface area contributed by atoms with Crippen LogP contribution in [0.1, 0.15) is 32.6 Å². The minimum atomic E-state index is -0.378. The molecule has 0 amide bonds. The summed E-state index contributed by atoms with van der Waals surface area (Å²) < 4.78 is 10.5. The largest absolute Gasteiger partial charge is 0.454 e. The van der Waals surface area contributed by atoms with Crippen molar-refractivity contribution in [3.05, 3.63) is 22.2 Å². The highest BCUT2D eigenvalue weighted by atomic mass is 16.7. The molecule has 0 aromatic heterocycles. The summed E-state index contributed by atoms with van der Waals surface area (Å²) in [4.78, 5) is 10.8. The van der Waals surface area contributed by atoms with Gasteiger partial charge >= 0.3 is 0 Å². The Morgan fingerprint density at radius 3 is 2.75 bits per heavy atom. The number of hydrogen-bond acceptors (Lipinski definition) is 5. The van der Waals surface area contributed by atoms with E-state index >= 15 is 0 Å². The summed E-state index contributed by atoms with van der Waals surface area (Å²) in [5.74, 6) is 1.68. The molecule has 2 atom stereocenters. The van der Waals surface area contributed by atoms with Crippen LogP contribution in [0.2, 0.25) is 0 Å². The van der Waals surface area contributed by atoms with Crippen LogP contribution in [-0.2, 0) is 0 Å². The molecule has 3 rings (SSSR count). The standard InChI is InChI=1S/C14H18N2O4/c1-9-3-2-4-10(5-9)15-11-6-13-14(20-8-19-13)7-12(11)16(17)18/h6-7,9-10,15H,2-5,8H2,1H3. The van der Waals surface area contributed by atoms with E-state index in [-0.39, 0.29) is 23.4 Å². The zero-order valence-corrected chi connectivity index (χ0v) is 11.4. The summed E-state index contributed by atoms with van der Waals surface area (Å²) in [6.45, 7) is 2.35. The Hall–Kier alpha value is -1.98. The van der Waals surface area contributed by atoms with Crippen LogP contribution in [0.4, 0.5) is 11.4 Å². The molecule has 0 saturated heterocycles. The average molecular weight is 278 g/mol. The number of nitro groups is 1. The first-order valence-corrected chi connectivity index (χ1v) is 6.98. The van der Waals surface area contributed by atoms with Crippen molar-refractivity contribution in [2.24, 2.45) is 5.92 Å². The van der Waals surface area contributed by atoms with Gasteiger partial charge in [0.25, 0.3) is 5.69 Å². The third-order valence-electron chi connectivity index (χ3n) is 3.98. The summed E-state index contributed by atoms with van der Waals surface area (Å²) in [6.07, 6.45) is 4.50. The van der Waals surface area contributed by atoms with Gasteiger partial charge in [-0.1, -0.05) is 19.8 Å². The zero-order valence-electron chi connectivity index (χ0n) is 11.4. The molecule has 1 aliphatic carbocycles. The fraction of sp³-hybridized carbons (Fsp3) is 0.571. The lowest BCUT2D eigenvalue weighted by Crippen LogP contribution is -2.26. The highest BCUT2D eigenvalue weighted by Crippen LogP contribution is 2.41. The third kappa shape index (κ3) is 2.50. The van der Waals surface area contributed by atoms with Crippen molar-refractivity contribution in [3.63, 3.8) is 0 Å². The van der Waals surface area contributed by atoms with Crippen molar-refractivity contribution in [2.45, 2.75) is 38.6 Å². The maximum absolute atomic E-state index is 11.2. The van der Waals surface area contributed by atoms with E-state index in [1.807, 2.05) is 0 Å². The summed E-state index contributed by atoms with van der Waals surface area (Å²) in [7, 11) is 0. The average Bonchev–Trinajstić information content (AvgIpc) is 2.84. The van der Waals surface area contributed by atoms with Crippen LogP contribution in [-0.4, -0.2) is 17.8 Å². The second-order valence-electron chi connectivity index (χ2n) is 5.59. The SMILES string of the molecule is CC1CCCC(Nc2cc3c(cc2[N+](=O)[O-])OCO3)C1. The van der Waals surface area contributed by atoms with Gasteiger partial charge in [0.05, 0.1) is 11.0 Å². The number of nitrogens with one attached hydrogen (secondary N) is 1. The predicted octanol–water partition coefficient (Wildman–Crippen LogP) is 3.31. The zero-order chi connectivity index (χ0) is 14.1. The van der Waals surface area contributed by atoms with Crippen molar-refractivity contribution in [1.82, 2.24) is 0 Å². The molecule has 1 heterocycles. The topological polar surface area (TPSA) is 73.6 Å². The molecular formula is C14H18N2O4. The quantitative estimate of drug-likeness (QED) is 0.678. The minimum Gasteiger partial charge on any atom is -0.454 e. The van der Waals surface area contributed by atoms with Crippen LogP contribution >= 0.6 is 0 Å². The van der Waals surface area contributed by atoms with Gasteiger partial charge in [-0.15, -0.1) is 0 Å². The Morgan fingerprint density at radius 2 is 2.05 bits per heavy atom. The van der Waals surface area contributed by atoms with Crippen molar-refractivity contribution < 1.29 is 14.4 Å². The summed E-state index contributed by atoms with van der Waals surface area (Å²) in [6, 6.07) is 3.41. The number of anilines is 1.